The highest BCUT2D eigenvalue weighted by molar-refractivity contribution is 7.15. The van der Waals surface area contributed by atoms with Gasteiger partial charge in [-0.25, -0.2) is 9.37 Å². The Labute approximate surface area is 146 Å². The Morgan fingerprint density at radius 3 is 2.92 bits per heavy atom. The van der Waals surface area contributed by atoms with E-state index in [0.717, 1.165) is 33.8 Å². The van der Waals surface area contributed by atoms with Crippen molar-refractivity contribution in [2.75, 3.05) is 24.6 Å². The quantitative estimate of drug-likeness (QED) is 0.713. The fraction of sp³-hybridized carbons (Fsp3) is 0.312. The van der Waals surface area contributed by atoms with Gasteiger partial charge >= 0.3 is 0 Å². The summed E-state index contributed by atoms with van der Waals surface area (Å²) in [5.74, 6) is -0.224. The van der Waals surface area contributed by atoms with Crippen LogP contribution in [0, 0.1) is 5.82 Å². The Morgan fingerprint density at radius 2 is 2.12 bits per heavy atom. The van der Waals surface area contributed by atoms with E-state index in [0.29, 0.717) is 13.0 Å². The first-order valence-corrected chi connectivity index (χ1v) is 9.30. The molecule has 1 fully saturated rings. The molecule has 8 heteroatoms. The number of ether oxygens (including phenoxy) is 1. The Morgan fingerprint density at radius 1 is 1.25 bits per heavy atom. The van der Waals surface area contributed by atoms with Crippen LogP contribution in [-0.4, -0.2) is 34.9 Å². The predicted molar refractivity (Wildman–Crippen MR) is 92.1 cm³/mol. The molecule has 2 aromatic heterocycles. The minimum absolute atomic E-state index is 0.0109. The van der Waals surface area contributed by atoms with Gasteiger partial charge in [0.1, 0.15) is 21.9 Å². The van der Waals surface area contributed by atoms with E-state index < -0.39 is 0 Å². The molecule has 3 heterocycles. The van der Waals surface area contributed by atoms with Gasteiger partial charge in [-0.05, 0) is 17.7 Å². The SMILES string of the molecule is Fc1ccc(Cc2nnc(N3CCOC(c4nccs4)C3)s2)cc1. The third-order valence-electron chi connectivity index (χ3n) is 3.79. The van der Waals surface area contributed by atoms with Crippen LogP contribution in [0.4, 0.5) is 9.52 Å². The molecular formula is C16H15FN4OS2. The molecule has 1 aromatic carbocycles. The molecule has 1 saturated heterocycles. The maximum Gasteiger partial charge on any atom is 0.208 e. The number of anilines is 1. The summed E-state index contributed by atoms with van der Waals surface area (Å²) >= 11 is 3.18. The van der Waals surface area contributed by atoms with Crippen LogP contribution in [0.25, 0.3) is 0 Å². The van der Waals surface area contributed by atoms with Crippen molar-refractivity contribution in [2.24, 2.45) is 0 Å². The summed E-state index contributed by atoms with van der Waals surface area (Å²) in [6.45, 7) is 2.18. The van der Waals surface area contributed by atoms with Crippen molar-refractivity contribution in [2.45, 2.75) is 12.5 Å². The first-order valence-electron chi connectivity index (χ1n) is 7.61. The molecule has 1 atom stereocenters. The van der Waals surface area contributed by atoms with Gasteiger partial charge in [-0.3, -0.25) is 0 Å². The molecule has 0 amide bonds. The van der Waals surface area contributed by atoms with Crippen LogP contribution in [0.15, 0.2) is 35.8 Å². The third kappa shape index (κ3) is 3.45. The number of morpholine rings is 1. The molecule has 24 heavy (non-hydrogen) atoms. The van der Waals surface area contributed by atoms with Gasteiger partial charge in [-0.2, -0.15) is 0 Å². The molecule has 0 N–H and O–H groups in total. The number of hydrogen-bond acceptors (Lipinski definition) is 7. The lowest BCUT2D eigenvalue weighted by atomic mass is 10.2. The minimum Gasteiger partial charge on any atom is -0.367 e. The smallest absolute Gasteiger partial charge is 0.208 e. The fourth-order valence-electron chi connectivity index (χ4n) is 2.59. The van der Waals surface area contributed by atoms with Crippen molar-refractivity contribution in [3.63, 3.8) is 0 Å². The molecule has 1 aliphatic rings. The molecule has 0 saturated carbocycles. The van der Waals surface area contributed by atoms with Gasteiger partial charge in [0.05, 0.1) is 13.2 Å². The fourth-order valence-corrected chi connectivity index (χ4v) is 4.17. The van der Waals surface area contributed by atoms with Gasteiger partial charge in [0, 0.05) is 24.5 Å². The molecule has 0 aliphatic carbocycles. The molecule has 5 nitrogen and oxygen atoms in total. The summed E-state index contributed by atoms with van der Waals surface area (Å²) in [6, 6.07) is 6.50. The molecule has 3 aromatic rings. The lowest BCUT2D eigenvalue weighted by Crippen LogP contribution is -2.38. The Bertz CT molecular complexity index is 791. The molecule has 1 aliphatic heterocycles. The van der Waals surface area contributed by atoms with Crippen LogP contribution in [-0.2, 0) is 11.2 Å². The van der Waals surface area contributed by atoms with Gasteiger partial charge in [0.25, 0.3) is 0 Å². The second-order valence-corrected chi connectivity index (χ2v) is 7.42. The Hall–Kier alpha value is -1.90. The zero-order valence-electron chi connectivity index (χ0n) is 12.8. The second kappa shape index (κ2) is 6.92. The van der Waals surface area contributed by atoms with Crippen LogP contribution < -0.4 is 4.90 Å². The van der Waals surface area contributed by atoms with Crippen molar-refractivity contribution in [1.29, 1.82) is 0 Å². The van der Waals surface area contributed by atoms with E-state index in [1.807, 2.05) is 5.38 Å². The molecule has 0 bridgehead atoms. The summed E-state index contributed by atoms with van der Waals surface area (Å²) in [6.07, 6.45) is 2.45. The zero-order chi connectivity index (χ0) is 16.4. The molecule has 124 valence electrons. The number of aromatic nitrogens is 3. The average molecular weight is 362 g/mol. The third-order valence-corrected chi connectivity index (χ3v) is 5.64. The van der Waals surface area contributed by atoms with Gasteiger partial charge < -0.3 is 9.64 Å². The molecule has 0 spiro atoms. The maximum absolute atomic E-state index is 13.0. The average Bonchev–Trinajstić information content (AvgIpc) is 3.29. The maximum atomic E-state index is 13.0. The van der Waals surface area contributed by atoms with Gasteiger partial charge in [0.2, 0.25) is 5.13 Å². The zero-order valence-corrected chi connectivity index (χ0v) is 14.4. The standard InChI is InChI=1S/C16H15FN4OS2/c17-12-3-1-11(2-4-12)9-14-19-20-16(24-14)21-6-7-22-13(10-21)15-18-5-8-23-15/h1-5,8,13H,6-7,9-10H2. The van der Waals surface area contributed by atoms with Crippen LogP contribution in [0.2, 0.25) is 0 Å². The number of benzene rings is 1. The van der Waals surface area contributed by atoms with E-state index in [9.17, 15) is 4.39 Å². The number of thiazole rings is 1. The van der Waals surface area contributed by atoms with E-state index in [4.69, 9.17) is 4.74 Å². The lowest BCUT2D eigenvalue weighted by Gasteiger charge is -2.31. The van der Waals surface area contributed by atoms with Gasteiger partial charge in [-0.1, -0.05) is 23.5 Å². The van der Waals surface area contributed by atoms with Crippen molar-refractivity contribution in [3.05, 3.63) is 57.2 Å². The van der Waals surface area contributed by atoms with E-state index in [-0.39, 0.29) is 11.9 Å². The topological polar surface area (TPSA) is 51.1 Å². The first kappa shape index (κ1) is 15.6. The summed E-state index contributed by atoms with van der Waals surface area (Å²) in [5.41, 5.74) is 1.03. The molecule has 0 radical (unpaired) electrons. The molecule has 4 rings (SSSR count). The minimum atomic E-state index is -0.224. The summed E-state index contributed by atoms with van der Waals surface area (Å²) in [5, 5.41) is 13.4. The Balaban J connectivity index is 1.45. The highest BCUT2D eigenvalue weighted by atomic mass is 32.1. The van der Waals surface area contributed by atoms with Crippen molar-refractivity contribution >= 4 is 27.8 Å². The summed E-state index contributed by atoms with van der Waals surface area (Å²) in [4.78, 5) is 6.54. The van der Waals surface area contributed by atoms with Crippen LogP contribution in [0.3, 0.4) is 0 Å². The van der Waals surface area contributed by atoms with E-state index in [1.54, 1.807) is 41.0 Å². The van der Waals surface area contributed by atoms with E-state index >= 15 is 0 Å². The second-order valence-electron chi connectivity index (χ2n) is 5.46. The highest BCUT2D eigenvalue weighted by Crippen LogP contribution is 2.29. The van der Waals surface area contributed by atoms with Crippen molar-refractivity contribution in [3.8, 4) is 0 Å². The Kier molecular flexibility index (Phi) is 4.50. The molecule has 1 unspecified atom stereocenters. The van der Waals surface area contributed by atoms with E-state index in [1.165, 1.54) is 12.1 Å². The lowest BCUT2D eigenvalue weighted by molar-refractivity contribution is 0.0396. The van der Waals surface area contributed by atoms with Crippen LogP contribution in [0.1, 0.15) is 21.7 Å². The normalized spacial score (nSPS) is 18.0. The number of rotatable bonds is 4. The number of nitrogens with zero attached hydrogens (tertiary/aromatic N) is 4. The largest absolute Gasteiger partial charge is 0.367 e. The predicted octanol–water partition coefficient (Wildman–Crippen LogP) is 3.30. The van der Waals surface area contributed by atoms with E-state index in [2.05, 4.69) is 20.1 Å². The van der Waals surface area contributed by atoms with Gasteiger partial charge in [0.15, 0.2) is 0 Å². The number of hydrogen-bond donors (Lipinski definition) is 0. The van der Waals surface area contributed by atoms with Gasteiger partial charge in [-0.15, -0.1) is 21.5 Å². The summed E-state index contributed by atoms with van der Waals surface area (Å²) < 4.78 is 18.8. The monoisotopic (exact) mass is 362 g/mol. The van der Waals surface area contributed by atoms with Crippen LogP contribution in [0.5, 0.6) is 0 Å². The highest BCUT2D eigenvalue weighted by Gasteiger charge is 2.26. The van der Waals surface area contributed by atoms with Crippen LogP contribution >= 0.6 is 22.7 Å². The number of halogens is 1. The first-order chi connectivity index (χ1) is 11.8. The summed E-state index contributed by atoms with van der Waals surface area (Å²) in [7, 11) is 0. The van der Waals surface area contributed by atoms with Crippen molar-refractivity contribution < 1.29 is 9.13 Å². The molecular weight excluding hydrogens is 347 g/mol. The van der Waals surface area contributed by atoms with Crippen molar-refractivity contribution in [1.82, 2.24) is 15.2 Å².